The first-order valence-corrected chi connectivity index (χ1v) is 7.58. The molecule has 1 atom stereocenters. The Morgan fingerprint density at radius 3 is 2.71 bits per heavy atom. The second-order valence-electron chi connectivity index (χ2n) is 6.30. The summed E-state index contributed by atoms with van der Waals surface area (Å²) in [5, 5.41) is 22.6. The minimum Gasteiger partial charge on any atom is -0.387 e. The van der Waals surface area contributed by atoms with Crippen LogP contribution in [0.1, 0.15) is 44.3 Å². The van der Waals surface area contributed by atoms with Gasteiger partial charge in [-0.25, -0.2) is 0 Å². The summed E-state index contributed by atoms with van der Waals surface area (Å²) >= 11 is 0. The van der Waals surface area contributed by atoms with Crippen LogP contribution in [0.5, 0.6) is 0 Å². The zero-order chi connectivity index (χ0) is 14.9. The van der Waals surface area contributed by atoms with Crippen molar-refractivity contribution in [3.8, 4) is 6.07 Å². The van der Waals surface area contributed by atoms with Gasteiger partial charge < -0.3 is 5.11 Å². The molecule has 1 unspecified atom stereocenters. The van der Waals surface area contributed by atoms with E-state index in [1.165, 1.54) is 0 Å². The molecule has 0 aliphatic heterocycles. The summed E-state index contributed by atoms with van der Waals surface area (Å²) in [6.07, 6.45) is 6.27. The lowest BCUT2D eigenvalue weighted by atomic mass is 9.67. The fraction of sp³-hybridized carbons (Fsp3) is 0.444. The van der Waals surface area contributed by atoms with E-state index < -0.39 is 11.5 Å². The van der Waals surface area contributed by atoms with Gasteiger partial charge in [0.25, 0.3) is 0 Å². The van der Waals surface area contributed by atoms with Gasteiger partial charge in [0.1, 0.15) is 0 Å². The van der Waals surface area contributed by atoms with Crippen LogP contribution in [0, 0.1) is 22.7 Å². The van der Waals surface area contributed by atoms with Gasteiger partial charge in [-0.3, -0.25) is 4.98 Å². The lowest BCUT2D eigenvalue weighted by Gasteiger charge is -2.37. The van der Waals surface area contributed by atoms with Gasteiger partial charge in [0.15, 0.2) is 0 Å². The molecule has 1 aliphatic rings. The van der Waals surface area contributed by atoms with Gasteiger partial charge in [-0.05, 0) is 37.0 Å². The van der Waals surface area contributed by atoms with Crippen LogP contribution in [-0.2, 0) is 0 Å². The van der Waals surface area contributed by atoms with E-state index in [9.17, 15) is 10.4 Å². The summed E-state index contributed by atoms with van der Waals surface area (Å²) < 4.78 is 0. The molecule has 2 aromatic rings. The Morgan fingerprint density at radius 2 is 2.00 bits per heavy atom. The highest BCUT2D eigenvalue weighted by Crippen LogP contribution is 2.47. The van der Waals surface area contributed by atoms with Crippen molar-refractivity contribution < 1.29 is 5.11 Å². The molecule has 0 bridgehead atoms. The third kappa shape index (κ3) is 2.41. The maximum atomic E-state index is 10.9. The molecule has 0 amide bonds. The summed E-state index contributed by atoms with van der Waals surface area (Å²) in [5.74, 6) is 0.643. The predicted octanol–water partition coefficient (Wildman–Crippen LogP) is 3.99. The molecule has 1 aromatic carbocycles. The van der Waals surface area contributed by atoms with Crippen molar-refractivity contribution in [2.75, 3.05) is 0 Å². The third-order valence-corrected chi connectivity index (χ3v) is 4.91. The molecule has 108 valence electrons. The normalized spacial score (nSPS) is 27.2. The van der Waals surface area contributed by atoms with E-state index >= 15 is 0 Å². The minimum atomic E-state index is -0.770. The van der Waals surface area contributed by atoms with E-state index in [2.05, 4.69) is 18.0 Å². The summed E-state index contributed by atoms with van der Waals surface area (Å²) in [5.41, 5.74) is 0.113. The molecule has 0 spiro atoms. The first-order chi connectivity index (χ1) is 10.2. The Morgan fingerprint density at radius 1 is 1.29 bits per heavy atom. The molecular formula is C18H20N2O. The van der Waals surface area contributed by atoms with E-state index in [0.29, 0.717) is 5.92 Å². The third-order valence-electron chi connectivity index (χ3n) is 4.91. The maximum Gasteiger partial charge on any atom is 0.0997 e. The van der Waals surface area contributed by atoms with Gasteiger partial charge in [-0.15, -0.1) is 0 Å². The average molecular weight is 280 g/mol. The number of hydrogen-bond acceptors (Lipinski definition) is 3. The quantitative estimate of drug-likeness (QED) is 0.905. The van der Waals surface area contributed by atoms with Crippen LogP contribution < -0.4 is 0 Å². The van der Waals surface area contributed by atoms with Crippen molar-refractivity contribution in [2.24, 2.45) is 11.3 Å². The fourth-order valence-corrected chi connectivity index (χ4v) is 3.38. The number of fused-ring (bicyclic) bond motifs is 1. The summed E-state index contributed by atoms with van der Waals surface area (Å²) in [7, 11) is 0. The van der Waals surface area contributed by atoms with Crippen molar-refractivity contribution in [3.63, 3.8) is 0 Å². The Kier molecular flexibility index (Phi) is 3.65. The zero-order valence-electron chi connectivity index (χ0n) is 12.3. The van der Waals surface area contributed by atoms with Gasteiger partial charge >= 0.3 is 0 Å². The number of aromatic nitrogens is 1. The van der Waals surface area contributed by atoms with Crippen LogP contribution >= 0.6 is 0 Å². The van der Waals surface area contributed by atoms with E-state index in [4.69, 9.17) is 0 Å². The standard InChI is InChI=1S/C18H20N2O/c1-13-6-8-18(12-19,9-7-13)17(21)16-11-20-10-14-4-2-3-5-15(14)16/h2-5,10-11,13,17,21H,6-9H2,1H3. The van der Waals surface area contributed by atoms with Crippen molar-refractivity contribution >= 4 is 10.8 Å². The molecule has 1 aromatic heterocycles. The van der Waals surface area contributed by atoms with Crippen LogP contribution in [0.2, 0.25) is 0 Å². The van der Waals surface area contributed by atoms with Crippen LogP contribution in [-0.4, -0.2) is 10.1 Å². The first-order valence-electron chi connectivity index (χ1n) is 7.58. The number of nitrogens with zero attached hydrogens (tertiary/aromatic N) is 2. The van der Waals surface area contributed by atoms with Crippen LogP contribution in [0.3, 0.4) is 0 Å². The van der Waals surface area contributed by atoms with Gasteiger partial charge in [-0.1, -0.05) is 31.2 Å². The Bertz CT molecular complexity index is 676. The number of benzene rings is 1. The van der Waals surface area contributed by atoms with E-state index in [1.54, 1.807) is 12.4 Å². The summed E-state index contributed by atoms with van der Waals surface area (Å²) in [6, 6.07) is 10.3. The SMILES string of the molecule is CC1CCC(C#N)(C(O)c2cncc3ccccc23)CC1. The second-order valence-corrected chi connectivity index (χ2v) is 6.30. The molecule has 1 heterocycles. The number of hydrogen-bond donors (Lipinski definition) is 1. The number of aliphatic hydroxyl groups excluding tert-OH is 1. The fourth-order valence-electron chi connectivity index (χ4n) is 3.38. The largest absolute Gasteiger partial charge is 0.387 e. The van der Waals surface area contributed by atoms with Crippen molar-refractivity contribution in [1.29, 1.82) is 5.26 Å². The predicted molar refractivity (Wildman–Crippen MR) is 82.4 cm³/mol. The molecule has 3 nitrogen and oxygen atoms in total. The van der Waals surface area contributed by atoms with Crippen molar-refractivity contribution in [2.45, 2.75) is 38.7 Å². The molecule has 21 heavy (non-hydrogen) atoms. The van der Waals surface area contributed by atoms with Gasteiger partial charge in [0.05, 0.1) is 17.6 Å². The van der Waals surface area contributed by atoms with E-state index in [-0.39, 0.29) is 0 Å². The van der Waals surface area contributed by atoms with E-state index in [0.717, 1.165) is 42.0 Å². The first kappa shape index (κ1) is 14.0. The smallest absolute Gasteiger partial charge is 0.0997 e. The zero-order valence-corrected chi connectivity index (χ0v) is 12.3. The highest BCUT2D eigenvalue weighted by Gasteiger charge is 2.42. The van der Waals surface area contributed by atoms with Crippen LogP contribution in [0.15, 0.2) is 36.7 Å². The minimum absolute atomic E-state index is 0.643. The number of pyridine rings is 1. The maximum absolute atomic E-state index is 10.9. The van der Waals surface area contributed by atoms with Gasteiger partial charge in [0.2, 0.25) is 0 Å². The van der Waals surface area contributed by atoms with E-state index in [1.807, 2.05) is 24.3 Å². The molecule has 3 heteroatoms. The van der Waals surface area contributed by atoms with Crippen molar-refractivity contribution in [3.05, 3.63) is 42.2 Å². The number of nitriles is 1. The lowest BCUT2D eigenvalue weighted by molar-refractivity contribution is 0.0274. The molecule has 1 aliphatic carbocycles. The molecular weight excluding hydrogens is 260 g/mol. The lowest BCUT2D eigenvalue weighted by Crippen LogP contribution is -2.32. The van der Waals surface area contributed by atoms with Gasteiger partial charge in [-0.2, -0.15) is 5.26 Å². The van der Waals surface area contributed by atoms with Gasteiger partial charge in [0, 0.05) is 23.3 Å². The number of aliphatic hydroxyl groups is 1. The van der Waals surface area contributed by atoms with Crippen molar-refractivity contribution in [1.82, 2.24) is 4.98 Å². The molecule has 0 saturated heterocycles. The van der Waals surface area contributed by atoms with Crippen LogP contribution in [0.4, 0.5) is 0 Å². The number of rotatable bonds is 2. The summed E-state index contributed by atoms with van der Waals surface area (Å²) in [4.78, 5) is 4.24. The average Bonchev–Trinajstić information content (AvgIpc) is 2.55. The highest BCUT2D eigenvalue weighted by atomic mass is 16.3. The molecule has 3 rings (SSSR count). The molecule has 0 radical (unpaired) electrons. The molecule has 1 saturated carbocycles. The topological polar surface area (TPSA) is 56.9 Å². The Balaban J connectivity index is 2.03. The monoisotopic (exact) mass is 280 g/mol. The Labute approximate surface area is 125 Å². The molecule has 1 N–H and O–H groups in total. The summed E-state index contributed by atoms with van der Waals surface area (Å²) in [6.45, 7) is 2.22. The van der Waals surface area contributed by atoms with Crippen LogP contribution in [0.25, 0.3) is 10.8 Å². The Hall–Kier alpha value is -1.92. The molecule has 1 fully saturated rings. The second kappa shape index (κ2) is 5.46. The highest BCUT2D eigenvalue weighted by molar-refractivity contribution is 5.85.